The third-order valence-electron chi connectivity index (χ3n) is 2.59. The Morgan fingerprint density at radius 3 is 2.37 bits per heavy atom. The monoisotopic (exact) mass is 260 g/mol. The van der Waals surface area contributed by atoms with Crippen LogP contribution < -0.4 is 9.47 Å². The number of hydrogen-bond donors (Lipinski definition) is 0. The zero-order valence-electron chi connectivity index (χ0n) is 10.9. The second kappa shape index (κ2) is 6.78. The van der Waals surface area contributed by atoms with Crippen LogP contribution in [0, 0.1) is 5.82 Å². The number of para-hydroxylation sites is 2. The predicted molar refractivity (Wildman–Crippen MR) is 73.0 cm³/mol. The highest BCUT2D eigenvalue weighted by molar-refractivity contribution is 5.39. The summed E-state index contributed by atoms with van der Waals surface area (Å²) in [5, 5.41) is 0. The van der Waals surface area contributed by atoms with E-state index in [4.69, 9.17) is 9.47 Å². The molecule has 0 aliphatic rings. The minimum Gasteiger partial charge on any atom is -0.490 e. The summed E-state index contributed by atoms with van der Waals surface area (Å²) in [5.41, 5.74) is 0.797. The average Bonchev–Trinajstić information content (AvgIpc) is 2.44. The van der Waals surface area contributed by atoms with Gasteiger partial charge in [0, 0.05) is 0 Å². The van der Waals surface area contributed by atoms with Crippen molar-refractivity contribution in [2.75, 3.05) is 6.61 Å². The van der Waals surface area contributed by atoms with Gasteiger partial charge in [-0.05, 0) is 36.2 Å². The highest BCUT2D eigenvalue weighted by Gasteiger charge is 2.04. The largest absolute Gasteiger partial charge is 0.490 e. The minimum atomic E-state index is -0.253. The maximum atomic E-state index is 13.1. The number of rotatable bonds is 6. The second-order valence-corrected chi connectivity index (χ2v) is 4.21. The molecule has 19 heavy (non-hydrogen) atoms. The molecule has 2 nitrogen and oxygen atoms in total. The Labute approximate surface area is 112 Å². The molecule has 0 aliphatic heterocycles. The topological polar surface area (TPSA) is 18.5 Å². The molecule has 0 atom stereocenters. The smallest absolute Gasteiger partial charge is 0.161 e. The van der Waals surface area contributed by atoms with E-state index in [1.807, 2.05) is 30.3 Å². The van der Waals surface area contributed by atoms with Crippen molar-refractivity contribution >= 4 is 0 Å². The Morgan fingerprint density at radius 1 is 0.947 bits per heavy atom. The fraction of sp³-hybridized carbons (Fsp3) is 0.250. The quantitative estimate of drug-likeness (QED) is 0.775. The summed E-state index contributed by atoms with van der Waals surface area (Å²) < 4.78 is 24.3. The summed E-state index contributed by atoms with van der Waals surface area (Å²) in [7, 11) is 0. The van der Waals surface area contributed by atoms with Crippen LogP contribution in [-0.2, 0) is 6.61 Å². The second-order valence-electron chi connectivity index (χ2n) is 4.21. The molecule has 2 aromatic carbocycles. The lowest BCUT2D eigenvalue weighted by atomic mass is 10.2. The fourth-order valence-electron chi connectivity index (χ4n) is 1.69. The summed E-state index contributed by atoms with van der Waals surface area (Å²) in [6, 6.07) is 13.9. The Balaban J connectivity index is 2.02. The lowest BCUT2D eigenvalue weighted by Gasteiger charge is -2.12. The number of ether oxygens (including phenoxy) is 2. The van der Waals surface area contributed by atoms with Crippen LogP contribution in [0.15, 0.2) is 48.5 Å². The molecular weight excluding hydrogens is 243 g/mol. The molecule has 0 aliphatic carbocycles. The van der Waals surface area contributed by atoms with Crippen LogP contribution in [0.5, 0.6) is 11.5 Å². The van der Waals surface area contributed by atoms with E-state index in [2.05, 4.69) is 6.92 Å². The van der Waals surface area contributed by atoms with Gasteiger partial charge in [-0.15, -0.1) is 0 Å². The zero-order valence-corrected chi connectivity index (χ0v) is 10.9. The van der Waals surface area contributed by atoms with Crippen molar-refractivity contribution in [2.24, 2.45) is 0 Å². The maximum Gasteiger partial charge on any atom is 0.161 e. The van der Waals surface area contributed by atoms with E-state index in [0.717, 1.165) is 17.7 Å². The number of halogens is 1. The first-order chi connectivity index (χ1) is 9.29. The first kappa shape index (κ1) is 13.4. The molecule has 0 saturated heterocycles. The Morgan fingerprint density at radius 2 is 1.68 bits per heavy atom. The van der Waals surface area contributed by atoms with Gasteiger partial charge >= 0.3 is 0 Å². The van der Waals surface area contributed by atoms with Gasteiger partial charge in [0.25, 0.3) is 0 Å². The third kappa shape index (κ3) is 3.98. The number of benzene rings is 2. The molecule has 0 bridgehead atoms. The van der Waals surface area contributed by atoms with Crippen molar-refractivity contribution < 1.29 is 13.9 Å². The first-order valence-corrected chi connectivity index (χ1v) is 6.38. The normalized spacial score (nSPS) is 10.2. The van der Waals surface area contributed by atoms with E-state index in [0.29, 0.717) is 19.0 Å². The Bertz CT molecular complexity index is 526. The van der Waals surface area contributed by atoms with Crippen LogP contribution in [-0.4, -0.2) is 6.61 Å². The Kier molecular flexibility index (Phi) is 4.78. The van der Waals surface area contributed by atoms with Gasteiger partial charge < -0.3 is 9.47 Å². The van der Waals surface area contributed by atoms with Gasteiger partial charge in [-0.1, -0.05) is 31.2 Å². The molecule has 2 aromatic rings. The van der Waals surface area contributed by atoms with Crippen molar-refractivity contribution in [3.63, 3.8) is 0 Å². The Hall–Kier alpha value is -2.03. The molecule has 0 fully saturated rings. The van der Waals surface area contributed by atoms with Crippen molar-refractivity contribution in [2.45, 2.75) is 20.0 Å². The summed E-state index contributed by atoms with van der Waals surface area (Å²) in [6.45, 7) is 3.03. The zero-order chi connectivity index (χ0) is 13.5. The van der Waals surface area contributed by atoms with Crippen LogP contribution >= 0.6 is 0 Å². The van der Waals surface area contributed by atoms with Crippen molar-refractivity contribution in [1.29, 1.82) is 0 Å². The molecule has 0 radical (unpaired) electrons. The molecule has 0 saturated carbocycles. The van der Waals surface area contributed by atoms with E-state index >= 15 is 0 Å². The SMILES string of the molecule is CCCOc1ccccc1OCc1cccc(F)c1. The van der Waals surface area contributed by atoms with Crippen molar-refractivity contribution in [1.82, 2.24) is 0 Å². The molecule has 0 aromatic heterocycles. The van der Waals surface area contributed by atoms with E-state index in [1.165, 1.54) is 12.1 Å². The highest BCUT2D eigenvalue weighted by atomic mass is 19.1. The van der Waals surface area contributed by atoms with Gasteiger partial charge in [-0.3, -0.25) is 0 Å². The molecule has 100 valence electrons. The molecule has 0 spiro atoms. The van der Waals surface area contributed by atoms with Crippen LogP contribution in [0.3, 0.4) is 0 Å². The summed E-state index contributed by atoms with van der Waals surface area (Å²) in [4.78, 5) is 0. The van der Waals surface area contributed by atoms with Gasteiger partial charge in [0.2, 0.25) is 0 Å². The standard InChI is InChI=1S/C16H17FO2/c1-2-10-18-15-8-3-4-9-16(15)19-12-13-6-5-7-14(17)11-13/h3-9,11H,2,10,12H2,1H3. The van der Waals surface area contributed by atoms with Crippen LogP contribution in [0.4, 0.5) is 4.39 Å². The summed E-state index contributed by atoms with van der Waals surface area (Å²) in [5.74, 6) is 1.15. The average molecular weight is 260 g/mol. The van der Waals surface area contributed by atoms with Crippen LogP contribution in [0.2, 0.25) is 0 Å². The van der Waals surface area contributed by atoms with Gasteiger partial charge in [0.15, 0.2) is 11.5 Å². The molecule has 0 heterocycles. The molecule has 0 unspecified atom stereocenters. The molecule has 0 N–H and O–H groups in total. The van der Waals surface area contributed by atoms with Gasteiger partial charge in [-0.25, -0.2) is 4.39 Å². The predicted octanol–water partition coefficient (Wildman–Crippen LogP) is 4.19. The fourth-order valence-corrected chi connectivity index (χ4v) is 1.69. The molecule has 0 amide bonds. The van der Waals surface area contributed by atoms with Gasteiger partial charge in [0.05, 0.1) is 6.61 Å². The first-order valence-electron chi connectivity index (χ1n) is 6.38. The van der Waals surface area contributed by atoms with Crippen molar-refractivity contribution in [3.8, 4) is 11.5 Å². The van der Waals surface area contributed by atoms with Gasteiger partial charge in [0.1, 0.15) is 12.4 Å². The minimum absolute atomic E-state index is 0.253. The summed E-state index contributed by atoms with van der Waals surface area (Å²) >= 11 is 0. The van der Waals surface area contributed by atoms with Crippen molar-refractivity contribution in [3.05, 3.63) is 59.9 Å². The maximum absolute atomic E-state index is 13.1. The van der Waals surface area contributed by atoms with Crippen LogP contribution in [0.1, 0.15) is 18.9 Å². The number of hydrogen-bond acceptors (Lipinski definition) is 2. The molecular formula is C16H17FO2. The van der Waals surface area contributed by atoms with Gasteiger partial charge in [-0.2, -0.15) is 0 Å². The highest BCUT2D eigenvalue weighted by Crippen LogP contribution is 2.27. The summed E-state index contributed by atoms with van der Waals surface area (Å²) in [6.07, 6.45) is 0.943. The lowest BCUT2D eigenvalue weighted by Crippen LogP contribution is -2.00. The molecule has 3 heteroatoms. The third-order valence-corrected chi connectivity index (χ3v) is 2.59. The lowest BCUT2D eigenvalue weighted by molar-refractivity contribution is 0.261. The van der Waals surface area contributed by atoms with Crippen LogP contribution in [0.25, 0.3) is 0 Å². The molecule has 2 rings (SSSR count). The van der Waals surface area contributed by atoms with E-state index in [1.54, 1.807) is 6.07 Å². The van der Waals surface area contributed by atoms with E-state index in [-0.39, 0.29) is 5.82 Å². The van der Waals surface area contributed by atoms with E-state index in [9.17, 15) is 4.39 Å². The van der Waals surface area contributed by atoms with E-state index < -0.39 is 0 Å².